The molecule has 2 saturated heterocycles. The Morgan fingerprint density at radius 1 is 0.736 bits per heavy atom. The molecule has 0 bridgehead atoms. The van der Waals surface area contributed by atoms with E-state index < -0.39 is 83.7 Å². The summed E-state index contributed by atoms with van der Waals surface area (Å²) in [6, 6.07) is -5.78. The van der Waals surface area contributed by atoms with E-state index in [0.717, 1.165) is 25.7 Å². The first kappa shape index (κ1) is 43.7. The summed E-state index contributed by atoms with van der Waals surface area (Å²) in [4.78, 5) is 96.0. The lowest BCUT2D eigenvalue weighted by molar-refractivity contribution is -0.150. The number of carbonyl (C=O) groups excluding carboxylic acids is 6. The average Bonchev–Trinajstić information content (AvgIpc) is 3.60. The van der Waals surface area contributed by atoms with Crippen molar-refractivity contribution in [2.45, 2.75) is 161 Å². The van der Waals surface area contributed by atoms with Gasteiger partial charge in [0, 0.05) is 26.1 Å². The van der Waals surface area contributed by atoms with E-state index in [4.69, 9.17) is 0 Å². The van der Waals surface area contributed by atoms with Crippen LogP contribution in [0.1, 0.15) is 125 Å². The number of aliphatic hydroxyl groups excluding tert-OH is 1. The standard InChI is InChI=1S/C38H64N6O9/c1-7-18-39-35(51)31(24(3)45)42-34(50)28-17-13-20-43(28)36(52)26(22-30(47)48)40-33(49)27-16-11-12-19-44(27)37(53)32(38(4,5)6)41-29(46)21-23(2)25-14-9-8-10-15-25/h23-28,31-32,45H,7-22H2,1-6H3,(H,39,51)(H,40,49)(H,41,46)(H,42,50)(H,47,48)/t23-,24+,26-,27-,28-,31-,32+/m0/s1. The molecule has 3 rings (SSSR count). The Kier molecular flexibility index (Phi) is 16.5. The van der Waals surface area contributed by atoms with Crippen LogP contribution in [0, 0.1) is 17.3 Å². The zero-order valence-electron chi connectivity index (χ0n) is 32.6. The lowest BCUT2D eigenvalue weighted by Gasteiger charge is -2.41. The third kappa shape index (κ3) is 12.4. The van der Waals surface area contributed by atoms with Crippen molar-refractivity contribution in [3.05, 3.63) is 0 Å². The lowest BCUT2D eigenvalue weighted by atomic mass is 9.79. The molecule has 0 aromatic heterocycles. The second-order valence-electron chi connectivity index (χ2n) is 16.4. The molecular formula is C38H64N6O9. The molecule has 0 aromatic carbocycles. The number of nitrogens with zero attached hydrogens (tertiary/aromatic N) is 2. The molecule has 15 heteroatoms. The van der Waals surface area contributed by atoms with Gasteiger partial charge >= 0.3 is 5.97 Å². The second kappa shape index (κ2) is 20.1. The fraction of sp³-hybridized carbons (Fsp3) is 0.816. The number of carboxylic acid groups (broad SMARTS) is 1. The fourth-order valence-corrected chi connectivity index (χ4v) is 7.82. The number of carboxylic acids is 1. The topological polar surface area (TPSA) is 215 Å². The first-order chi connectivity index (χ1) is 25.0. The van der Waals surface area contributed by atoms with Crippen molar-refractivity contribution >= 4 is 41.4 Å². The van der Waals surface area contributed by atoms with E-state index in [1.807, 2.05) is 27.7 Å². The summed E-state index contributed by atoms with van der Waals surface area (Å²) in [5.74, 6) is -4.05. The van der Waals surface area contributed by atoms with E-state index >= 15 is 0 Å². The third-order valence-corrected chi connectivity index (χ3v) is 10.9. The van der Waals surface area contributed by atoms with Crippen molar-refractivity contribution < 1.29 is 43.8 Å². The average molecular weight is 749 g/mol. The highest BCUT2D eigenvalue weighted by molar-refractivity contribution is 5.98. The van der Waals surface area contributed by atoms with Crippen molar-refractivity contribution in [2.24, 2.45) is 17.3 Å². The Bertz CT molecular complexity index is 1310. The highest BCUT2D eigenvalue weighted by Gasteiger charge is 2.44. The van der Waals surface area contributed by atoms with Gasteiger partial charge in [-0.15, -0.1) is 0 Å². The molecule has 0 unspecified atom stereocenters. The van der Waals surface area contributed by atoms with Gasteiger partial charge in [0.15, 0.2) is 0 Å². The number of amides is 6. The summed E-state index contributed by atoms with van der Waals surface area (Å²) in [6.45, 7) is 11.6. The van der Waals surface area contributed by atoms with Crippen LogP contribution in [0.3, 0.4) is 0 Å². The van der Waals surface area contributed by atoms with Crippen LogP contribution < -0.4 is 21.3 Å². The number of carbonyl (C=O) groups is 7. The number of likely N-dealkylation sites (tertiary alicyclic amines) is 2. The van der Waals surface area contributed by atoms with Gasteiger partial charge in [-0.2, -0.15) is 0 Å². The van der Waals surface area contributed by atoms with Crippen LogP contribution in [0.4, 0.5) is 0 Å². The number of hydrogen-bond acceptors (Lipinski definition) is 8. The van der Waals surface area contributed by atoms with Crippen molar-refractivity contribution in [1.82, 2.24) is 31.1 Å². The molecule has 3 fully saturated rings. The van der Waals surface area contributed by atoms with Crippen LogP contribution in [-0.2, 0) is 33.6 Å². The maximum absolute atomic E-state index is 14.2. The highest BCUT2D eigenvalue weighted by atomic mass is 16.4. The Hall–Kier alpha value is -3.75. The third-order valence-electron chi connectivity index (χ3n) is 10.9. The largest absolute Gasteiger partial charge is 0.481 e. The summed E-state index contributed by atoms with van der Waals surface area (Å²) in [6.07, 6.45) is 6.88. The molecule has 53 heavy (non-hydrogen) atoms. The number of aliphatic carboxylic acids is 1. The molecule has 3 aliphatic rings. The van der Waals surface area contributed by atoms with Crippen LogP contribution in [0.5, 0.6) is 0 Å². The van der Waals surface area contributed by atoms with Gasteiger partial charge < -0.3 is 41.3 Å². The lowest BCUT2D eigenvalue weighted by Crippen LogP contribution is -2.62. The molecule has 2 aliphatic heterocycles. The molecule has 1 saturated carbocycles. The number of rotatable bonds is 16. The van der Waals surface area contributed by atoms with E-state index in [2.05, 4.69) is 28.2 Å². The molecule has 2 heterocycles. The minimum Gasteiger partial charge on any atom is -0.481 e. The Morgan fingerprint density at radius 2 is 1.30 bits per heavy atom. The monoisotopic (exact) mass is 748 g/mol. The fourth-order valence-electron chi connectivity index (χ4n) is 7.82. The van der Waals surface area contributed by atoms with Gasteiger partial charge in [0.25, 0.3) is 0 Å². The smallest absolute Gasteiger partial charge is 0.305 e. The van der Waals surface area contributed by atoms with E-state index in [-0.39, 0.29) is 37.8 Å². The van der Waals surface area contributed by atoms with E-state index in [1.54, 1.807) is 0 Å². The predicted molar refractivity (Wildman–Crippen MR) is 197 cm³/mol. The van der Waals surface area contributed by atoms with Crippen LogP contribution in [0.2, 0.25) is 0 Å². The number of aliphatic hydroxyl groups is 1. The minimum absolute atomic E-state index is 0.116. The number of piperidine rings is 1. The highest BCUT2D eigenvalue weighted by Crippen LogP contribution is 2.32. The van der Waals surface area contributed by atoms with E-state index in [1.165, 1.54) is 23.1 Å². The van der Waals surface area contributed by atoms with Crippen molar-refractivity contribution in [2.75, 3.05) is 19.6 Å². The summed E-state index contributed by atoms with van der Waals surface area (Å²) in [7, 11) is 0. The molecule has 15 nitrogen and oxygen atoms in total. The van der Waals surface area contributed by atoms with Crippen molar-refractivity contribution in [3.8, 4) is 0 Å². The van der Waals surface area contributed by atoms with E-state index in [9.17, 15) is 43.8 Å². The molecule has 0 aromatic rings. The van der Waals surface area contributed by atoms with Gasteiger partial charge in [0.05, 0.1) is 12.5 Å². The Morgan fingerprint density at radius 3 is 1.89 bits per heavy atom. The van der Waals surface area contributed by atoms with Gasteiger partial charge in [-0.1, -0.05) is 66.7 Å². The first-order valence-corrected chi connectivity index (χ1v) is 19.6. The molecule has 6 N–H and O–H groups in total. The SMILES string of the molecule is CCCNC(=O)[C@@H](NC(=O)[C@@H]1CCCN1C(=O)[C@H](CC(=O)O)NC(=O)[C@@H]1CCCCN1C(=O)[C@@H](NC(=O)C[C@H](C)C1CCCCC1)C(C)(C)C)[C@@H](C)O. The van der Waals surface area contributed by atoms with Gasteiger partial charge in [0.1, 0.15) is 30.2 Å². The van der Waals surface area contributed by atoms with Gasteiger partial charge in [-0.3, -0.25) is 33.6 Å². The van der Waals surface area contributed by atoms with Crippen LogP contribution in [-0.4, -0.2) is 117 Å². The van der Waals surface area contributed by atoms with E-state index in [0.29, 0.717) is 44.6 Å². The predicted octanol–water partition coefficient (Wildman–Crippen LogP) is 1.85. The maximum Gasteiger partial charge on any atom is 0.305 e. The van der Waals surface area contributed by atoms with Crippen molar-refractivity contribution in [3.63, 3.8) is 0 Å². The summed E-state index contributed by atoms with van der Waals surface area (Å²) in [5.41, 5.74) is -0.685. The molecule has 7 atom stereocenters. The normalized spacial score (nSPS) is 22.5. The molecule has 0 radical (unpaired) electrons. The van der Waals surface area contributed by atoms with Crippen LogP contribution in [0.25, 0.3) is 0 Å². The molecule has 300 valence electrons. The zero-order chi connectivity index (χ0) is 39.5. The minimum atomic E-state index is -1.54. The molecule has 1 aliphatic carbocycles. The van der Waals surface area contributed by atoms with Gasteiger partial charge in [0.2, 0.25) is 35.4 Å². The first-order valence-electron chi connectivity index (χ1n) is 19.6. The van der Waals surface area contributed by atoms with Crippen LogP contribution >= 0.6 is 0 Å². The summed E-state index contributed by atoms with van der Waals surface area (Å²) < 4.78 is 0. The van der Waals surface area contributed by atoms with Gasteiger partial charge in [-0.25, -0.2) is 0 Å². The second-order valence-corrected chi connectivity index (χ2v) is 16.4. The quantitative estimate of drug-likeness (QED) is 0.136. The van der Waals surface area contributed by atoms with Crippen LogP contribution in [0.15, 0.2) is 0 Å². The Balaban J connectivity index is 1.75. The molecular weight excluding hydrogens is 684 g/mol. The summed E-state index contributed by atoms with van der Waals surface area (Å²) >= 11 is 0. The number of nitrogens with one attached hydrogen (secondary N) is 4. The van der Waals surface area contributed by atoms with Gasteiger partial charge in [-0.05, 0) is 62.7 Å². The zero-order valence-corrected chi connectivity index (χ0v) is 32.6. The molecule has 6 amide bonds. The maximum atomic E-state index is 14.2. The Labute approximate surface area is 314 Å². The summed E-state index contributed by atoms with van der Waals surface area (Å²) in [5, 5.41) is 30.7. The van der Waals surface area contributed by atoms with Crippen molar-refractivity contribution in [1.29, 1.82) is 0 Å². The molecule has 0 spiro atoms. The number of hydrogen-bond donors (Lipinski definition) is 6.